The summed E-state index contributed by atoms with van der Waals surface area (Å²) < 4.78 is 4.95. The Hall–Kier alpha value is -1.06. The van der Waals surface area contributed by atoms with Gasteiger partial charge < -0.3 is 9.84 Å². The smallest absolute Gasteiger partial charge is 0.320 e. The van der Waals surface area contributed by atoms with E-state index in [9.17, 15) is 9.59 Å². The maximum atomic E-state index is 11.5. The minimum atomic E-state index is -1.08. The van der Waals surface area contributed by atoms with Crippen molar-refractivity contribution in [2.45, 2.75) is 46.5 Å². The highest BCUT2D eigenvalue weighted by atomic mass is 16.5. The van der Waals surface area contributed by atoms with Crippen LogP contribution in [0.5, 0.6) is 0 Å². The molecule has 0 rings (SSSR count). The summed E-state index contributed by atoms with van der Waals surface area (Å²) in [5.41, 5.74) is 0. The Morgan fingerprint density at radius 1 is 1.25 bits per heavy atom. The molecule has 94 valence electrons. The van der Waals surface area contributed by atoms with Crippen LogP contribution in [0.4, 0.5) is 0 Å². The Morgan fingerprint density at radius 3 is 2.31 bits per heavy atom. The van der Waals surface area contributed by atoms with Crippen LogP contribution in [0.1, 0.15) is 46.5 Å². The van der Waals surface area contributed by atoms with Gasteiger partial charge in [-0.25, -0.2) is 0 Å². The zero-order chi connectivity index (χ0) is 12.6. The number of esters is 1. The van der Waals surface area contributed by atoms with Gasteiger partial charge in [0.2, 0.25) is 0 Å². The van der Waals surface area contributed by atoms with Gasteiger partial charge in [0.25, 0.3) is 0 Å². The summed E-state index contributed by atoms with van der Waals surface area (Å²) in [5.74, 6) is -2.22. The molecule has 0 radical (unpaired) electrons. The topological polar surface area (TPSA) is 63.6 Å². The summed E-state index contributed by atoms with van der Waals surface area (Å²) >= 11 is 0. The Labute approximate surface area is 97.0 Å². The van der Waals surface area contributed by atoms with Crippen LogP contribution in [0.2, 0.25) is 0 Å². The molecule has 0 fully saturated rings. The maximum Gasteiger partial charge on any atom is 0.320 e. The van der Waals surface area contributed by atoms with E-state index in [0.717, 1.165) is 19.3 Å². The van der Waals surface area contributed by atoms with Crippen molar-refractivity contribution < 1.29 is 19.4 Å². The van der Waals surface area contributed by atoms with Crippen LogP contribution in [0.25, 0.3) is 0 Å². The lowest BCUT2D eigenvalue weighted by atomic mass is 10.0. The van der Waals surface area contributed by atoms with Crippen molar-refractivity contribution in [2.24, 2.45) is 11.8 Å². The van der Waals surface area contributed by atoms with Crippen molar-refractivity contribution in [1.29, 1.82) is 0 Å². The first kappa shape index (κ1) is 14.9. The minimum absolute atomic E-state index is 0.312. The summed E-state index contributed by atoms with van der Waals surface area (Å²) in [7, 11) is 0. The fourth-order valence-corrected chi connectivity index (χ4v) is 1.25. The molecule has 0 saturated heterocycles. The highest BCUT2D eigenvalue weighted by Crippen LogP contribution is 2.11. The molecule has 4 nitrogen and oxygen atoms in total. The quantitative estimate of drug-likeness (QED) is 0.514. The zero-order valence-electron chi connectivity index (χ0n) is 10.4. The first-order valence-corrected chi connectivity index (χ1v) is 5.88. The lowest BCUT2D eigenvalue weighted by Crippen LogP contribution is -2.26. The first-order chi connectivity index (χ1) is 7.49. The van der Waals surface area contributed by atoms with Crippen LogP contribution >= 0.6 is 0 Å². The normalized spacial score (nSPS) is 12.5. The van der Waals surface area contributed by atoms with E-state index in [1.54, 1.807) is 0 Å². The van der Waals surface area contributed by atoms with E-state index in [0.29, 0.717) is 18.9 Å². The van der Waals surface area contributed by atoms with Gasteiger partial charge in [0.15, 0.2) is 5.92 Å². The SMILES string of the molecule is CCCCC(C(=O)O)C(=O)OCCC(C)C. The summed E-state index contributed by atoms with van der Waals surface area (Å²) in [6.07, 6.45) is 2.75. The summed E-state index contributed by atoms with van der Waals surface area (Å²) in [6, 6.07) is 0. The van der Waals surface area contributed by atoms with Crippen LogP contribution in [0.3, 0.4) is 0 Å². The average Bonchev–Trinajstić information content (AvgIpc) is 2.17. The fourth-order valence-electron chi connectivity index (χ4n) is 1.25. The number of hydrogen-bond donors (Lipinski definition) is 1. The molecule has 0 aromatic carbocycles. The van der Waals surface area contributed by atoms with Crippen molar-refractivity contribution in [2.75, 3.05) is 6.61 Å². The van der Waals surface area contributed by atoms with Gasteiger partial charge in [0.1, 0.15) is 0 Å². The standard InChI is InChI=1S/C12H22O4/c1-4-5-6-10(11(13)14)12(15)16-8-7-9(2)3/h9-10H,4-8H2,1-3H3,(H,13,14). The monoisotopic (exact) mass is 230 g/mol. The predicted octanol–water partition coefficient (Wildman–Crippen LogP) is 2.47. The lowest BCUT2D eigenvalue weighted by Gasteiger charge is -2.12. The third-order valence-corrected chi connectivity index (χ3v) is 2.37. The van der Waals surface area contributed by atoms with E-state index in [-0.39, 0.29) is 0 Å². The molecule has 0 aromatic rings. The average molecular weight is 230 g/mol. The molecule has 4 heteroatoms. The van der Waals surface area contributed by atoms with Crippen molar-refractivity contribution in [3.63, 3.8) is 0 Å². The summed E-state index contributed by atoms with van der Waals surface area (Å²) in [6.45, 7) is 6.33. The predicted molar refractivity (Wildman–Crippen MR) is 61.1 cm³/mol. The van der Waals surface area contributed by atoms with E-state index in [2.05, 4.69) is 0 Å². The molecular weight excluding hydrogens is 208 g/mol. The zero-order valence-corrected chi connectivity index (χ0v) is 10.4. The van der Waals surface area contributed by atoms with Crippen molar-refractivity contribution in [3.05, 3.63) is 0 Å². The largest absolute Gasteiger partial charge is 0.481 e. The van der Waals surface area contributed by atoms with Crippen molar-refractivity contribution in [1.82, 2.24) is 0 Å². The fraction of sp³-hybridized carbons (Fsp3) is 0.833. The van der Waals surface area contributed by atoms with Crippen LogP contribution in [-0.2, 0) is 14.3 Å². The molecule has 0 aliphatic heterocycles. The summed E-state index contributed by atoms with van der Waals surface area (Å²) in [5, 5.41) is 8.88. The number of rotatable bonds is 8. The number of aliphatic carboxylic acids is 1. The number of carboxylic acid groups (broad SMARTS) is 1. The first-order valence-electron chi connectivity index (χ1n) is 5.88. The molecule has 0 aliphatic rings. The Kier molecular flexibility index (Phi) is 7.60. The number of ether oxygens (including phenoxy) is 1. The second kappa shape index (κ2) is 8.13. The Bertz CT molecular complexity index is 223. The number of hydrogen-bond acceptors (Lipinski definition) is 3. The molecule has 0 heterocycles. The maximum absolute atomic E-state index is 11.5. The van der Waals surface area contributed by atoms with Gasteiger partial charge >= 0.3 is 11.9 Å². The van der Waals surface area contributed by atoms with Crippen LogP contribution < -0.4 is 0 Å². The third-order valence-electron chi connectivity index (χ3n) is 2.37. The number of carboxylic acids is 1. The van der Waals surface area contributed by atoms with Crippen LogP contribution in [0, 0.1) is 11.8 Å². The molecule has 0 aromatic heterocycles. The molecular formula is C12H22O4. The molecule has 0 aliphatic carbocycles. The molecule has 0 saturated carbocycles. The van der Waals surface area contributed by atoms with E-state index in [4.69, 9.17) is 9.84 Å². The van der Waals surface area contributed by atoms with E-state index >= 15 is 0 Å². The van der Waals surface area contributed by atoms with Crippen molar-refractivity contribution >= 4 is 11.9 Å². The highest BCUT2D eigenvalue weighted by Gasteiger charge is 2.26. The lowest BCUT2D eigenvalue weighted by molar-refractivity contribution is -0.159. The van der Waals surface area contributed by atoms with E-state index in [1.807, 2.05) is 20.8 Å². The Morgan fingerprint density at radius 2 is 1.88 bits per heavy atom. The van der Waals surface area contributed by atoms with Gasteiger partial charge in [-0.05, 0) is 18.8 Å². The molecule has 1 N–H and O–H groups in total. The molecule has 1 atom stereocenters. The van der Waals surface area contributed by atoms with Gasteiger partial charge in [-0.3, -0.25) is 9.59 Å². The minimum Gasteiger partial charge on any atom is -0.481 e. The van der Waals surface area contributed by atoms with Gasteiger partial charge in [-0.1, -0.05) is 33.6 Å². The molecule has 0 amide bonds. The molecule has 0 spiro atoms. The number of carbonyl (C=O) groups is 2. The molecule has 1 unspecified atom stereocenters. The molecule has 16 heavy (non-hydrogen) atoms. The number of unbranched alkanes of at least 4 members (excludes halogenated alkanes) is 1. The van der Waals surface area contributed by atoms with Crippen LogP contribution in [0.15, 0.2) is 0 Å². The van der Waals surface area contributed by atoms with Gasteiger partial charge in [-0.2, -0.15) is 0 Å². The van der Waals surface area contributed by atoms with Gasteiger partial charge in [0.05, 0.1) is 6.61 Å². The van der Waals surface area contributed by atoms with Gasteiger partial charge in [0, 0.05) is 0 Å². The van der Waals surface area contributed by atoms with Crippen LogP contribution in [-0.4, -0.2) is 23.7 Å². The second-order valence-corrected chi connectivity index (χ2v) is 4.38. The Balaban J connectivity index is 4.02. The van der Waals surface area contributed by atoms with Crippen molar-refractivity contribution in [3.8, 4) is 0 Å². The van der Waals surface area contributed by atoms with E-state index < -0.39 is 17.9 Å². The van der Waals surface area contributed by atoms with Gasteiger partial charge in [-0.15, -0.1) is 0 Å². The van der Waals surface area contributed by atoms with E-state index in [1.165, 1.54) is 0 Å². The highest BCUT2D eigenvalue weighted by molar-refractivity contribution is 5.93. The summed E-state index contributed by atoms with van der Waals surface area (Å²) in [4.78, 5) is 22.3. The molecule has 0 bridgehead atoms. The second-order valence-electron chi connectivity index (χ2n) is 4.38. The third kappa shape index (κ3) is 6.43. The number of carbonyl (C=O) groups excluding carboxylic acids is 1.